The van der Waals surface area contributed by atoms with E-state index in [1.807, 2.05) is 0 Å². The predicted octanol–water partition coefficient (Wildman–Crippen LogP) is 2.89. The second kappa shape index (κ2) is 9.55. The van der Waals surface area contributed by atoms with Crippen LogP contribution in [0.3, 0.4) is 0 Å². The van der Waals surface area contributed by atoms with E-state index >= 15 is 0 Å². The number of nitrogens with zero attached hydrogens (tertiary/aromatic N) is 3. The zero-order valence-electron chi connectivity index (χ0n) is 14.5. The van der Waals surface area contributed by atoms with Crippen molar-refractivity contribution < 1.29 is 14.7 Å². The van der Waals surface area contributed by atoms with Gasteiger partial charge in [-0.15, -0.1) is 12.4 Å². The number of hydrogen-bond donors (Lipinski definition) is 2. The van der Waals surface area contributed by atoms with Crippen molar-refractivity contribution in [3.63, 3.8) is 0 Å². The van der Waals surface area contributed by atoms with Gasteiger partial charge in [-0.05, 0) is 36.4 Å². The van der Waals surface area contributed by atoms with E-state index in [2.05, 4.69) is 10.3 Å². The number of carbonyl (C=O) groups is 2. The minimum atomic E-state index is -1.03. The molecule has 0 spiro atoms. The first kappa shape index (κ1) is 21.0. The predicted molar refractivity (Wildman–Crippen MR) is 106 cm³/mol. The maximum absolute atomic E-state index is 13.0. The van der Waals surface area contributed by atoms with Crippen molar-refractivity contribution in [3.05, 3.63) is 58.9 Å². The molecule has 9 heteroatoms. The third kappa shape index (κ3) is 5.32. The summed E-state index contributed by atoms with van der Waals surface area (Å²) in [7, 11) is 0. The minimum Gasteiger partial charge on any atom is -0.478 e. The number of urea groups is 1. The molecule has 0 atom stereocenters. The molecule has 0 saturated carbocycles. The van der Waals surface area contributed by atoms with E-state index in [1.54, 1.807) is 40.1 Å². The van der Waals surface area contributed by atoms with Crippen LogP contribution >= 0.6 is 24.0 Å². The van der Waals surface area contributed by atoms with Crippen LogP contribution in [-0.4, -0.2) is 53.2 Å². The van der Waals surface area contributed by atoms with Crippen molar-refractivity contribution in [2.45, 2.75) is 6.54 Å². The number of amides is 2. The molecule has 1 aromatic heterocycles. The Hall–Kier alpha value is -2.35. The third-order valence-electron chi connectivity index (χ3n) is 4.15. The standard InChI is InChI=1S/C18H19ClN4O3.ClH/c19-14-2-5-16(6-3-14)23(18(26)22-9-7-20-8-10-22)12-15-4-1-13(11-21-15)17(24)25;/h1-6,11,20H,7-10,12H2,(H,24,25);1H. The molecule has 2 aromatic rings. The lowest BCUT2D eigenvalue weighted by Crippen LogP contribution is -2.51. The lowest BCUT2D eigenvalue weighted by molar-refractivity contribution is 0.0696. The Morgan fingerprint density at radius 3 is 2.37 bits per heavy atom. The van der Waals surface area contributed by atoms with E-state index in [1.165, 1.54) is 12.3 Å². The van der Waals surface area contributed by atoms with E-state index in [-0.39, 0.29) is 30.5 Å². The number of pyridine rings is 1. The molecule has 7 nitrogen and oxygen atoms in total. The quantitative estimate of drug-likeness (QED) is 0.808. The average Bonchev–Trinajstić information content (AvgIpc) is 2.67. The molecule has 144 valence electrons. The Bertz CT molecular complexity index is 778. The summed E-state index contributed by atoms with van der Waals surface area (Å²) >= 11 is 5.96. The van der Waals surface area contributed by atoms with Gasteiger partial charge < -0.3 is 15.3 Å². The van der Waals surface area contributed by atoms with Crippen LogP contribution in [0.25, 0.3) is 0 Å². The molecule has 0 bridgehead atoms. The van der Waals surface area contributed by atoms with Crippen molar-refractivity contribution in [2.75, 3.05) is 31.1 Å². The van der Waals surface area contributed by atoms with Gasteiger partial charge in [0.25, 0.3) is 0 Å². The molecule has 0 radical (unpaired) electrons. The van der Waals surface area contributed by atoms with Crippen molar-refractivity contribution in [1.82, 2.24) is 15.2 Å². The van der Waals surface area contributed by atoms with E-state index in [0.29, 0.717) is 29.5 Å². The summed E-state index contributed by atoms with van der Waals surface area (Å²) in [5.74, 6) is -1.03. The number of benzene rings is 1. The zero-order chi connectivity index (χ0) is 18.5. The molecule has 27 heavy (non-hydrogen) atoms. The van der Waals surface area contributed by atoms with Gasteiger partial charge in [0.15, 0.2) is 0 Å². The Balaban J connectivity index is 0.00000261. The molecule has 1 saturated heterocycles. The van der Waals surface area contributed by atoms with Crippen LogP contribution in [0.1, 0.15) is 16.1 Å². The minimum absolute atomic E-state index is 0. The molecule has 3 rings (SSSR count). The number of hydrogen-bond acceptors (Lipinski definition) is 4. The van der Waals surface area contributed by atoms with Gasteiger partial charge >= 0.3 is 12.0 Å². The third-order valence-corrected chi connectivity index (χ3v) is 4.40. The first-order chi connectivity index (χ1) is 12.5. The molecule has 2 N–H and O–H groups in total. The van der Waals surface area contributed by atoms with Gasteiger partial charge in [0.1, 0.15) is 0 Å². The number of anilines is 1. The topological polar surface area (TPSA) is 85.8 Å². The molecule has 1 aromatic carbocycles. The van der Waals surface area contributed by atoms with Crippen LogP contribution in [-0.2, 0) is 6.54 Å². The first-order valence-corrected chi connectivity index (χ1v) is 8.63. The van der Waals surface area contributed by atoms with E-state index in [0.717, 1.165) is 13.1 Å². The largest absolute Gasteiger partial charge is 0.478 e. The van der Waals surface area contributed by atoms with Gasteiger partial charge in [-0.1, -0.05) is 11.6 Å². The van der Waals surface area contributed by atoms with E-state index < -0.39 is 5.97 Å². The van der Waals surface area contributed by atoms with Gasteiger partial charge in [0, 0.05) is 43.1 Å². The Labute approximate surface area is 168 Å². The van der Waals surface area contributed by atoms with Crippen LogP contribution in [0.5, 0.6) is 0 Å². The zero-order valence-corrected chi connectivity index (χ0v) is 16.0. The van der Waals surface area contributed by atoms with Gasteiger partial charge in [-0.2, -0.15) is 0 Å². The molecule has 1 aliphatic heterocycles. The van der Waals surface area contributed by atoms with Gasteiger partial charge in [0.05, 0.1) is 17.8 Å². The number of carbonyl (C=O) groups excluding carboxylic acids is 1. The SMILES string of the molecule is Cl.O=C(O)c1ccc(CN(C(=O)N2CCNCC2)c2ccc(Cl)cc2)nc1. The van der Waals surface area contributed by atoms with Crippen LogP contribution in [0.15, 0.2) is 42.6 Å². The van der Waals surface area contributed by atoms with Crippen LogP contribution < -0.4 is 10.2 Å². The Morgan fingerprint density at radius 1 is 1.15 bits per heavy atom. The number of carboxylic acids is 1. The molecule has 1 fully saturated rings. The number of nitrogens with one attached hydrogen (secondary N) is 1. The molecular weight excluding hydrogens is 391 g/mol. The van der Waals surface area contributed by atoms with Gasteiger partial charge in [0.2, 0.25) is 0 Å². The van der Waals surface area contributed by atoms with Crippen molar-refractivity contribution in [2.24, 2.45) is 0 Å². The molecular formula is C18H20Cl2N4O3. The first-order valence-electron chi connectivity index (χ1n) is 8.25. The van der Waals surface area contributed by atoms with Crippen molar-refractivity contribution >= 4 is 41.7 Å². The van der Waals surface area contributed by atoms with Crippen LogP contribution in [0, 0.1) is 0 Å². The highest BCUT2D eigenvalue weighted by Gasteiger charge is 2.24. The number of aromatic carboxylic acids is 1. The molecule has 0 aliphatic carbocycles. The fourth-order valence-electron chi connectivity index (χ4n) is 2.72. The second-order valence-electron chi connectivity index (χ2n) is 5.93. The van der Waals surface area contributed by atoms with Crippen molar-refractivity contribution in [1.29, 1.82) is 0 Å². The summed E-state index contributed by atoms with van der Waals surface area (Å²) < 4.78 is 0. The maximum atomic E-state index is 13.0. The summed E-state index contributed by atoms with van der Waals surface area (Å²) in [5.41, 5.74) is 1.43. The van der Waals surface area contributed by atoms with E-state index in [9.17, 15) is 9.59 Å². The second-order valence-corrected chi connectivity index (χ2v) is 6.36. The van der Waals surface area contributed by atoms with Crippen LogP contribution in [0.2, 0.25) is 5.02 Å². The molecule has 2 heterocycles. The Kier molecular flexibility index (Phi) is 7.41. The summed E-state index contributed by atoms with van der Waals surface area (Å²) in [6.07, 6.45) is 1.30. The number of carboxylic acid groups (broad SMARTS) is 1. The van der Waals surface area contributed by atoms with Crippen LogP contribution in [0.4, 0.5) is 10.5 Å². The number of halogens is 2. The normalized spacial score (nSPS) is 13.6. The lowest BCUT2D eigenvalue weighted by Gasteiger charge is -2.33. The lowest BCUT2D eigenvalue weighted by atomic mass is 10.2. The average molecular weight is 411 g/mol. The highest BCUT2D eigenvalue weighted by molar-refractivity contribution is 6.30. The van der Waals surface area contributed by atoms with Gasteiger partial charge in [-0.25, -0.2) is 9.59 Å². The maximum Gasteiger partial charge on any atom is 0.337 e. The number of piperazine rings is 1. The molecule has 1 aliphatic rings. The monoisotopic (exact) mass is 410 g/mol. The van der Waals surface area contributed by atoms with Crippen molar-refractivity contribution in [3.8, 4) is 0 Å². The van der Waals surface area contributed by atoms with Gasteiger partial charge in [-0.3, -0.25) is 9.88 Å². The highest BCUT2D eigenvalue weighted by atomic mass is 35.5. The summed E-state index contributed by atoms with van der Waals surface area (Å²) in [6, 6.07) is 10.0. The van der Waals surface area contributed by atoms with E-state index in [4.69, 9.17) is 16.7 Å². The molecule has 2 amide bonds. The fourth-order valence-corrected chi connectivity index (χ4v) is 2.85. The highest BCUT2D eigenvalue weighted by Crippen LogP contribution is 2.21. The number of aromatic nitrogens is 1. The Morgan fingerprint density at radius 2 is 1.81 bits per heavy atom. The smallest absolute Gasteiger partial charge is 0.337 e. The summed E-state index contributed by atoms with van der Waals surface area (Å²) in [6.45, 7) is 3.02. The summed E-state index contributed by atoms with van der Waals surface area (Å²) in [4.78, 5) is 31.6. The number of rotatable bonds is 4. The molecule has 0 unspecified atom stereocenters. The summed E-state index contributed by atoms with van der Waals surface area (Å²) in [5, 5.41) is 12.8. The fraction of sp³-hybridized carbons (Fsp3) is 0.278.